The number of amides is 1. The largest absolute Gasteiger partial charge is 0.385 e. The van der Waals surface area contributed by atoms with Gasteiger partial charge in [0.2, 0.25) is 5.91 Å². The van der Waals surface area contributed by atoms with Crippen LogP contribution in [0.3, 0.4) is 0 Å². The average molecular weight is 328 g/mol. The fourth-order valence-corrected chi connectivity index (χ4v) is 3.41. The van der Waals surface area contributed by atoms with E-state index >= 15 is 0 Å². The first-order valence-corrected chi connectivity index (χ1v) is 8.75. The molecule has 0 aromatic carbocycles. The molecule has 1 aromatic heterocycles. The highest BCUT2D eigenvalue weighted by Crippen LogP contribution is 2.18. The van der Waals surface area contributed by atoms with Crippen molar-refractivity contribution in [3.63, 3.8) is 0 Å². The number of nitrogens with zero attached hydrogens (tertiary/aromatic N) is 2. The third-order valence-corrected chi connectivity index (χ3v) is 4.73. The van der Waals surface area contributed by atoms with E-state index in [1.54, 1.807) is 11.7 Å². The molecular weight excluding hydrogens is 304 g/mol. The summed E-state index contributed by atoms with van der Waals surface area (Å²) in [6.07, 6.45) is 6.52. The van der Waals surface area contributed by atoms with Crippen molar-refractivity contribution in [2.24, 2.45) is 0 Å². The van der Waals surface area contributed by atoms with Crippen LogP contribution in [0.5, 0.6) is 0 Å². The van der Waals surface area contributed by atoms with Crippen molar-refractivity contribution < 1.29 is 9.53 Å². The van der Waals surface area contributed by atoms with E-state index in [1.807, 2.05) is 0 Å². The van der Waals surface area contributed by atoms with E-state index in [2.05, 4.69) is 15.5 Å². The first-order valence-electron chi connectivity index (χ1n) is 7.77. The summed E-state index contributed by atoms with van der Waals surface area (Å²) in [6, 6.07) is 0.310. The molecule has 8 heteroatoms. The van der Waals surface area contributed by atoms with E-state index in [4.69, 9.17) is 4.74 Å². The zero-order valence-corrected chi connectivity index (χ0v) is 13.8. The van der Waals surface area contributed by atoms with Gasteiger partial charge in [0.15, 0.2) is 5.16 Å². The van der Waals surface area contributed by atoms with Crippen LogP contribution in [-0.4, -0.2) is 46.2 Å². The number of ether oxygens (including phenoxy) is 1. The lowest BCUT2D eigenvalue weighted by atomic mass is 9.95. The van der Waals surface area contributed by atoms with Crippen molar-refractivity contribution >= 4 is 17.7 Å². The van der Waals surface area contributed by atoms with Gasteiger partial charge in [0.25, 0.3) is 0 Å². The molecule has 0 aliphatic heterocycles. The monoisotopic (exact) mass is 328 g/mol. The molecule has 22 heavy (non-hydrogen) atoms. The fraction of sp³-hybridized carbons (Fsp3) is 0.786. The Morgan fingerprint density at radius 1 is 1.45 bits per heavy atom. The number of methoxy groups -OCH3 is 1. The van der Waals surface area contributed by atoms with Crippen molar-refractivity contribution in [3.05, 3.63) is 10.5 Å². The second-order valence-corrected chi connectivity index (χ2v) is 6.44. The van der Waals surface area contributed by atoms with E-state index in [-0.39, 0.29) is 17.3 Å². The van der Waals surface area contributed by atoms with Crippen LogP contribution in [0.1, 0.15) is 38.5 Å². The van der Waals surface area contributed by atoms with Crippen LogP contribution in [0.25, 0.3) is 0 Å². The van der Waals surface area contributed by atoms with Crippen LogP contribution in [-0.2, 0) is 16.1 Å². The minimum atomic E-state index is -0.244. The van der Waals surface area contributed by atoms with Crippen LogP contribution in [0.15, 0.2) is 9.95 Å². The number of aromatic amines is 1. The Morgan fingerprint density at radius 3 is 2.95 bits per heavy atom. The highest BCUT2D eigenvalue weighted by Gasteiger charge is 2.17. The molecule has 7 nitrogen and oxygen atoms in total. The third kappa shape index (κ3) is 5.17. The van der Waals surface area contributed by atoms with Gasteiger partial charge in [-0.15, -0.1) is 5.10 Å². The summed E-state index contributed by atoms with van der Waals surface area (Å²) in [5, 5.41) is 10.0. The van der Waals surface area contributed by atoms with Crippen LogP contribution in [0.2, 0.25) is 0 Å². The fourth-order valence-electron chi connectivity index (χ4n) is 2.62. The molecule has 0 bridgehead atoms. The second-order valence-electron chi connectivity index (χ2n) is 5.50. The molecule has 0 unspecified atom stereocenters. The summed E-state index contributed by atoms with van der Waals surface area (Å²) < 4.78 is 6.54. The molecule has 1 fully saturated rings. The molecule has 1 heterocycles. The second kappa shape index (κ2) is 8.99. The summed E-state index contributed by atoms with van der Waals surface area (Å²) >= 11 is 1.29. The van der Waals surface area contributed by atoms with Gasteiger partial charge in [-0.1, -0.05) is 31.0 Å². The van der Waals surface area contributed by atoms with Gasteiger partial charge in [-0.05, 0) is 19.3 Å². The molecule has 1 saturated carbocycles. The maximum absolute atomic E-state index is 12.0. The number of hydrogen-bond donors (Lipinski definition) is 2. The van der Waals surface area contributed by atoms with E-state index < -0.39 is 0 Å². The number of hydrogen-bond acceptors (Lipinski definition) is 5. The number of aromatic nitrogens is 3. The van der Waals surface area contributed by atoms with Gasteiger partial charge in [0, 0.05) is 26.3 Å². The molecule has 0 spiro atoms. The molecular formula is C14H24N4O3S. The van der Waals surface area contributed by atoms with Gasteiger partial charge in [0.05, 0.1) is 5.75 Å². The standard InChI is InChI=1S/C14H24N4O3S/c1-21-9-5-8-18-13(20)16-17-14(18)22-10-12(19)15-11-6-3-2-4-7-11/h11H,2-10H2,1H3,(H,15,19)(H,16,20). The number of nitrogens with one attached hydrogen (secondary N) is 2. The van der Waals surface area contributed by atoms with Crippen LogP contribution in [0.4, 0.5) is 0 Å². The van der Waals surface area contributed by atoms with Gasteiger partial charge in [-0.2, -0.15) is 0 Å². The molecule has 0 atom stereocenters. The molecule has 0 radical (unpaired) electrons. The maximum Gasteiger partial charge on any atom is 0.343 e. The highest BCUT2D eigenvalue weighted by molar-refractivity contribution is 7.99. The first-order chi connectivity index (χ1) is 10.7. The quantitative estimate of drug-likeness (QED) is 0.552. The minimum absolute atomic E-state index is 0.00999. The average Bonchev–Trinajstić information content (AvgIpc) is 2.87. The molecule has 0 saturated heterocycles. The lowest BCUT2D eigenvalue weighted by molar-refractivity contribution is -0.119. The summed E-state index contributed by atoms with van der Waals surface area (Å²) in [5.74, 6) is 0.293. The lowest BCUT2D eigenvalue weighted by Crippen LogP contribution is -2.37. The third-order valence-electron chi connectivity index (χ3n) is 3.76. The summed E-state index contributed by atoms with van der Waals surface area (Å²) in [7, 11) is 1.63. The number of thioether (sulfide) groups is 1. The molecule has 1 aromatic rings. The summed E-state index contributed by atoms with van der Waals surface area (Å²) in [4.78, 5) is 23.7. The molecule has 2 rings (SSSR count). The molecule has 1 aliphatic rings. The van der Waals surface area contributed by atoms with E-state index in [0.717, 1.165) is 19.3 Å². The minimum Gasteiger partial charge on any atom is -0.385 e. The number of carbonyl (C=O) groups is 1. The number of rotatable bonds is 8. The zero-order valence-electron chi connectivity index (χ0n) is 13.0. The van der Waals surface area contributed by atoms with Crippen molar-refractivity contribution in [2.45, 2.75) is 56.3 Å². The smallest absolute Gasteiger partial charge is 0.343 e. The first kappa shape index (κ1) is 17.1. The Labute approximate surface area is 134 Å². The van der Waals surface area contributed by atoms with Crippen molar-refractivity contribution in [2.75, 3.05) is 19.5 Å². The van der Waals surface area contributed by atoms with Crippen molar-refractivity contribution in [1.82, 2.24) is 20.1 Å². The topological polar surface area (TPSA) is 89.0 Å². The lowest BCUT2D eigenvalue weighted by Gasteiger charge is -2.22. The van der Waals surface area contributed by atoms with E-state index in [1.165, 1.54) is 31.0 Å². The van der Waals surface area contributed by atoms with Gasteiger partial charge in [-0.25, -0.2) is 9.89 Å². The Hall–Kier alpha value is -1.28. The molecule has 1 amide bonds. The Kier molecular flexibility index (Phi) is 6.98. The zero-order chi connectivity index (χ0) is 15.8. The van der Waals surface area contributed by atoms with Gasteiger partial charge < -0.3 is 10.1 Å². The van der Waals surface area contributed by atoms with Gasteiger partial charge in [-0.3, -0.25) is 9.36 Å². The van der Waals surface area contributed by atoms with E-state index in [9.17, 15) is 9.59 Å². The van der Waals surface area contributed by atoms with Crippen LogP contribution < -0.4 is 11.0 Å². The SMILES string of the molecule is COCCCn1c(SCC(=O)NC2CCCCC2)n[nH]c1=O. The van der Waals surface area contributed by atoms with Crippen molar-refractivity contribution in [3.8, 4) is 0 Å². The normalized spacial score (nSPS) is 15.9. The Balaban J connectivity index is 1.80. The van der Waals surface area contributed by atoms with Crippen LogP contribution in [0, 0.1) is 0 Å². The van der Waals surface area contributed by atoms with Gasteiger partial charge >= 0.3 is 5.69 Å². The highest BCUT2D eigenvalue weighted by atomic mass is 32.2. The molecule has 124 valence electrons. The number of carbonyl (C=O) groups excluding carboxylic acids is 1. The number of H-pyrrole nitrogens is 1. The van der Waals surface area contributed by atoms with Gasteiger partial charge in [0.1, 0.15) is 0 Å². The summed E-state index contributed by atoms with van der Waals surface area (Å²) in [6.45, 7) is 1.12. The molecule has 2 N–H and O–H groups in total. The summed E-state index contributed by atoms with van der Waals surface area (Å²) in [5.41, 5.74) is -0.244. The molecule has 1 aliphatic carbocycles. The predicted octanol–water partition coefficient (Wildman–Crippen LogP) is 1.15. The Morgan fingerprint density at radius 2 is 2.23 bits per heavy atom. The van der Waals surface area contributed by atoms with E-state index in [0.29, 0.717) is 24.3 Å². The Bertz CT molecular complexity index is 522. The predicted molar refractivity (Wildman–Crippen MR) is 85.1 cm³/mol. The maximum atomic E-state index is 12.0. The van der Waals surface area contributed by atoms with Crippen molar-refractivity contribution in [1.29, 1.82) is 0 Å². The van der Waals surface area contributed by atoms with Crippen LogP contribution >= 0.6 is 11.8 Å².